The summed E-state index contributed by atoms with van der Waals surface area (Å²) in [7, 11) is 0. The minimum absolute atomic E-state index is 0.000387. The van der Waals surface area contributed by atoms with E-state index in [2.05, 4.69) is 36.1 Å². The number of benzene rings is 2. The van der Waals surface area contributed by atoms with E-state index >= 15 is 0 Å². The Bertz CT molecular complexity index is 768. The molecule has 1 atom stereocenters. The van der Waals surface area contributed by atoms with Crippen LogP contribution in [-0.4, -0.2) is 29.1 Å². The molecular formula is C21H23Cl2NO2. The molecule has 0 spiro atoms. The molecule has 5 heteroatoms. The average molecular weight is 392 g/mol. The van der Waals surface area contributed by atoms with Crippen LogP contribution in [0.2, 0.25) is 10.0 Å². The van der Waals surface area contributed by atoms with Gasteiger partial charge in [0.1, 0.15) is 0 Å². The Morgan fingerprint density at radius 1 is 1.15 bits per heavy atom. The van der Waals surface area contributed by atoms with Crippen LogP contribution in [0.5, 0.6) is 0 Å². The van der Waals surface area contributed by atoms with E-state index in [4.69, 9.17) is 23.2 Å². The molecule has 1 aliphatic heterocycles. The Kier molecular flexibility index (Phi) is 6.23. The number of carboxylic acids is 1. The van der Waals surface area contributed by atoms with E-state index < -0.39 is 5.97 Å². The Morgan fingerprint density at radius 2 is 1.81 bits per heavy atom. The monoisotopic (exact) mass is 391 g/mol. The topological polar surface area (TPSA) is 40.5 Å². The second-order valence-corrected chi connectivity index (χ2v) is 7.66. The number of piperidine rings is 1. The van der Waals surface area contributed by atoms with Crippen LogP contribution < -0.4 is 0 Å². The first-order valence-corrected chi connectivity index (χ1v) is 9.75. The van der Waals surface area contributed by atoms with Crippen LogP contribution in [0.4, 0.5) is 0 Å². The zero-order valence-corrected chi connectivity index (χ0v) is 16.3. The molecule has 3 rings (SSSR count). The van der Waals surface area contributed by atoms with Crippen molar-refractivity contribution in [3.05, 3.63) is 69.2 Å². The van der Waals surface area contributed by atoms with Gasteiger partial charge in [0.2, 0.25) is 0 Å². The molecule has 0 aromatic heterocycles. The van der Waals surface area contributed by atoms with Crippen molar-refractivity contribution >= 4 is 29.2 Å². The van der Waals surface area contributed by atoms with E-state index in [1.165, 1.54) is 11.1 Å². The standard InChI is InChI=1S/C21H23Cl2NO2/c1-2-14-3-5-15(6-4-14)20(18-8-7-17(22)13-19(18)23)24-11-9-16(10-12-24)21(25)26/h3-8,13,16,20H,2,9-12H2,1H3,(H,25,26). The highest BCUT2D eigenvalue weighted by Crippen LogP contribution is 2.37. The second kappa shape index (κ2) is 8.43. The van der Waals surface area contributed by atoms with Gasteiger partial charge in [0.25, 0.3) is 0 Å². The number of halogens is 2. The highest BCUT2D eigenvalue weighted by Gasteiger charge is 2.31. The SMILES string of the molecule is CCc1ccc(C(c2ccc(Cl)cc2Cl)N2CCC(C(=O)O)CC2)cc1. The van der Waals surface area contributed by atoms with Gasteiger partial charge >= 0.3 is 5.97 Å². The number of aryl methyl sites for hydroxylation is 1. The highest BCUT2D eigenvalue weighted by atomic mass is 35.5. The maximum atomic E-state index is 11.3. The van der Waals surface area contributed by atoms with Crippen LogP contribution >= 0.6 is 23.2 Å². The van der Waals surface area contributed by atoms with E-state index in [1.54, 1.807) is 6.07 Å². The van der Waals surface area contributed by atoms with Crippen LogP contribution in [-0.2, 0) is 11.2 Å². The third-order valence-corrected chi connectivity index (χ3v) is 5.77. The van der Waals surface area contributed by atoms with Gasteiger partial charge in [0.05, 0.1) is 12.0 Å². The molecule has 3 nitrogen and oxygen atoms in total. The predicted octanol–water partition coefficient (Wildman–Crippen LogP) is 5.44. The van der Waals surface area contributed by atoms with Gasteiger partial charge < -0.3 is 5.11 Å². The molecule has 1 N–H and O–H groups in total. The van der Waals surface area contributed by atoms with Gasteiger partial charge in [-0.05, 0) is 61.2 Å². The van der Waals surface area contributed by atoms with Crippen LogP contribution in [0, 0.1) is 5.92 Å². The van der Waals surface area contributed by atoms with Gasteiger partial charge in [-0.1, -0.05) is 60.5 Å². The normalized spacial score (nSPS) is 17.2. The molecule has 1 fully saturated rings. The van der Waals surface area contributed by atoms with Gasteiger partial charge in [-0.2, -0.15) is 0 Å². The number of rotatable bonds is 5. The molecule has 0 bridgehead atoms. The minimum Gasteiger partial charge on any atom is -0.481 e. The zero-order valence-electron chi connectivity index (χ0n) is 14.8. The van der Waals surface area contributed by atoms with Crippen molar-refractivity contribution in [2.75, 3.05) is 13.1 Å². The molecule has 1 unspecified atom stereocenters. The molecule has 26 heavy (non-hydrogen) atoms. The molecule has 0 aliphatic carbocycles. The number of hydrogen-bond donors (Lipinski definition) is 1. The molecule has 1 saturated heterocycles. The van der Waals surface area contributed by atoms with E-state index in [1.807, 2.05) is 12.1 Å². The van der Waals surface area contributed by atoms with Gasteiger partial charge in [0.15, 0.2) is 0 Å². The number of carbonyl (C=O) groups is 1. The van der Waals surface area contributed by atoms with Crippen molar-refractivity contribution in [1.82, 2.24) is 4.90 Å². The first-order valence-electron chi connectivity index (χ1n) is 9.00. The Labute approximate surface area is 164 Å². The van der Waals surface area contributed by atoms with E-state index in [-0.39, 0.29) is 12.0 Å². The second-order valence-electron chi connectivity index (χ2n) is 6.81. The number of likely N-dealkylation sites (tertiary alicyclic amines) is 1. The van der Waals surface area contributed by atoms with Gasteiger partial charge in [0, 0.05) is 10.0 Å². The lowest BCUT2D eigenvalue weighted by Gasteiger charge is -2.37. The molecule has 138 valence electrons. The van der Waals surface area contributed by atoms with Crippen molar-refractivity contribution in [1.29, 1.82) is 0 Å². The fourth-order valence-electron chi connectivity index (χ4n) is 3.65. The lowest BCUT2D eigenvalue weighted by molar-refractivity contribution is -0.143. The molecule has 0 amide bonds. The van der Waals surface area contributed by atoms with Gasteiger partial charge in [-0.3, -0.25) is 9.69 Å². The molecule has 0 saturated carbocycles. The Hall–Kier alpha value is -1.55. The van der Waals surface area contributed by atoms with E-state index in [0.29, 0.717) is 22.9 Å². The summed E-state index contributed by atoms with van der Waals surface area (Å²) in [6.07, 6.45) is 2.31. The third kappa shape index (κ3) is 4.22. The first kappa shape index (κ1) is 19.2. The van der Waals surface area contributed by atoms with Crippen molar-refractivity contribution in [2.45, 2.75) is 32.2 Å². The summed E-state index contributed by atoms with van der Waals surface area (Å²) in [5.74, 6) is -0.951. The minimum atomic E-state index is -0.696. The average Bonchev–Trinajstić information content (AvgIpc) is 2.64. The van der Waals surface area contributed by atoms with Crippen LogP contribution in [0.25, 0.3) is 0 Å². The largest absolute Gasteiger partial charge is 0.481 e. The molecule has 2 aromatic carbocycles. The summed E-state index contributed by atoms with van der Waals surface area (Å²) < 4.78 is 0. The van der Waals surface area contributed by atoms with Crippen molar-refractivity contribution in [3.63, 3.8) is 0 Å². The third-order valence-electron chi connectivity index (χ3n) is 5.20. The number of hydrogen-bond acceptors (Lipinski definition) is 2. The summed E-state index contributed by atoms with van der Waals surface area (Å²) >= 11 is 12.6. The van der Waals surface area contributed by atoms with E-state index in [0.717, 1.165) is 25.1 Å². The summed E-state index contributed by atoms with van der Waals surface area (Å²) in [4.78, 5) is 13.6. The lowest BCUT2D eigenvalue weighted by atomic mass is 9.91. The van der Waals surface area contributed by atoms with Gasteiger partial charge in [-0.15, -0.1) is 0 Å². The van der Waals surface area contributed by atoms with Crippen molar-refractivity contribution in [2.24, 2.45) is 5.92 Å². The number of nitrogens with zero attached hydrogens (tertiary/aromatic N) is 1. The van der Waals surface area contributed by atoms with Crippen molar-refractivity contribution in [3.8, 4) is 0 Å². The fourth-order valence-corrected chi connectivity index (χ4v) is 4.16. The Morgan fingerprint density at radius 3 is 2.35 bits per heavy atom. The smallest absolute Gasteiger partial charge is 0.306 e. The van der Waals surface area contributed by atoms with Crippen LogP contribution in [0.1, 0.15) is 42.5 Å². The first-order chi connectivity index (χ1) is 12.5. The maximum Gasteiger partial charge on any atom is 0.306 e. The fraction of sp³-hybridized carbons (Fsp3) is 0.381. The maximum absolute atomic E-state index is 11.3. The molecule has 2 aromatic rings. The number of carboxylic acid groups (broad SMARTS) is 1. The summed E-state index contributed by atoms with van der Waals surface area (Å²) in [5.41, 5.74) is 3.47. The van der Waals surface area contributed by atoms with Crippen LogP contribution in [0.15, 0.2) is 42.5 Å². The van der Waals surface area contributed by atoms with Crippen LogP contribution in [0.3, 0.4) is 0 Å². The summed E-state index contributed by atoms with van der Waals surface area (Å²) in [6.45, 7) is 3.60. The number of aliphatic carboxylic acids is 1. The quantitative estimate of drug-likeness (QED) is 0.737. The van der Waals surface area contributed by atoms with Gasteiger partial charge in [-0.25, -0.2) is 0 Å². The molecule has 1 heterocycles. The lowest BCUT2D eigenvalue weighted by Crippen LogP contribution is -2.39. The van der Waals surface area contributed by atoms with Crippen molar-refractivity contribution < 1.29 is 9.90 Å². The summed E-state index contributed by atoms with van der Waals surface area (Å²) in [6, 6.07) is 14.2. The predicted molar refractivity (Wildman–Crippen MR) is 106 cm³/mol. The molecule has 1 aliphatic rings. The molecular weight excluding hydrogens is 369 g/mol. The Balaban J connectivity index is 1.95. The molecule has 0 radical (unpaired) electrons. The van der Waals surface area contributed by atoms with E-state index in [9.17, 15) is 9.90 Å². The zero-order chi connectivity index (χ0) is 18.7. The highest BCUT2D eigenvalue weighted by molar-refractivity contribution is 6.35. The summed E-state index contributed by atoms with van der Waals surface area (Å²) in [5, 5.41) is 10.5.